The van der Waals surface area contributed by atoms with E-state index in [4.69, 9.17) is 0 Å². The van der Waals surface area contributed by atoms with E-state index in [1.54, 1.807) is 0 Å². The normalized spacial score (nSPS) is 30.7. The van der Waals surface area contributed by atoms with Crippen molar-refractivity contribution in [2.75, 3.05) is 32.7 Å². The van der Waals surface area contributed by atoms with Crippen molar-refractivity contribution < 1.29 is 4.79 Å². The second-order valence-corrected chi connectivity index (χ2v) is 4.90. The fraction of sp³-hybridized carbons (Fsp3) is 0.917. The predicted molar refractivity (Wildman–Crippen MR) is 64.3 cm³/mol. The van der Waals surface area contributed by atoms with Crippen LogP contribution in [-0.4, -0.2) is 49.1 Å². The summed E-state index contributed by atoms with van der Waals surface area (Å²) in [6.07, 6.45) is 4.21. The first-order chi connectivity index (χ1) is 7.78. The van der Waals surface area contributed by atoms with Gasteiger partial charge in [0.1, 0.15) is 0 Å². The van der Waals surface area contributed by atoms with Gasteiger partial charge in [0.15, 0.2) is 0 Å². The third kappa shape index (κ3) is 2.23. The minimum atomic E-state index is -0.230. The highest BCUT2D eigenvalue weighted by molar-refractivity contribution is 5.86. The van der Waals surface area contributed by atoms with Gasteiger partial charge < -0.3 is 15.5 Å². The zero-order valence-electron chi connectivity index (χ0n) is 10.2. The van der Waals surface area contributed by atoms with Gasteiger partial charge in [-0.15, -0.1) is 0 Å². The molecule has 0 saturated carbocycles. The highest BCUT2D eigenvalue weighted by Crippen LogP contribution is 2.27. The van der Waals surface area contributed by atoms with E-state index in [2.05, 4.69) is 17.6 Å². The SMILES string of the molecule is CCCC1(C(=O)N2CCNCC2)CCCN1. The first-order valence-corrected chi connectivity index (χ1v) is 6.54. The fourth-order valence-corrected chi connectivity index (χ4v) is 2.91. The Labute approximate surface area is 97.8 Å². The molecule has 0 radical (unpaired) electrons. The van der Waals surface area contributed by atoms with E-state index in [0.717, 1.165) is 58.4 Å². The molecule has 4 nitrogen and oxygen atoms in total. The van der Waals surface area contributed by atoms with Crippen LogP contribution in [0.25, 0.3) is 0 Å². The molecule has 4 heteroatoms. The summed E-state index contributed by atoms with van der Waals surface area (Å²) in [6.45, 7) is 6.77. The Morgan fingerprint density at radius 3 is 2.62 bits per heavy atom. The standard InChI is InChI=1S/C12H23N3O/c1-2-4-12(5-3-6-14-12)11(16)15-9-7-13-8-10-15/h13-14H,2-10H2,1H3. The summed E-state index contributed by atoms with van der Waals surface area (Å²) in [4.78, 5) is 14.6. The lowest BCUT2D eigenvalue weighted by molar-refractivity contribution is -0.138. The van der Waals surface area contributed by atoms with Crippen molar-refractivity contribution in [1.29, 1.82) is 0 Å². The Bertz CT molecular complexity index is 243. The van der Waals surface area contributed by atoms with Crippen LogP contribution in [0.4, 0.5) is 0 Å². The van der Waals surface area contributed by atoms with Crippen LogP contribution in [0, 0.1) is 0 Å². The Balaban J connectivity index is 2.04. The minimum Gasteiger partial charge on any atom is -0.339 e. The average molecular weight is 225 g/mol. The van der Waals surface area contributed by atoms with E-state index in [1.807, 2.05) is 4.90 Å². The molecule has 0 aliphatic carbocycles. The molecular formula is C12H23N3O. The highest BCUT2D eigenvalue weighted by atomic mass is 16.2. The van der Waals surface area contributed by atoms with Gasteiger partial charge in [0.25, 0.3) is 0 Å². The summed E-state index contributed by atoms with van der Waals surface area (Å²) in [6, 6.07) is 0. The summed E-state index contributed by atoms with van der Waals surface area (Å²) < 4.78 is 0. The molecule has 1 atom stereocenters. The number of piperazine rings is 1. The highest BCUT2D eigenvalue weighted by Gasteiger charge is 2.42. The number of nitrogens with zero attached hydrogens (tertiary/aromatic N) is 1. The molecule has 92 valence electrons. The van der Waals surface area contributed by atoms with E-state index in [1.165, 1.54) is 0 Å². The molecular weight excluding hydrogens is 202 g/mol. The quantitative estimate of drug-likeness (QED) is 0.728. The van der Waals surface area contributed by atoms with E-state index in [-0.39, 0.29) is 5.54 Å². The summed E-state index contributed by atoms with van der Waals surface area (Å²) in [7, 11) is 0. The number of rotatable bonds is 3. The van der Waals surface area contributed by atoms with Crippen LogP contribution >= 0.6 is 0 Å². The van der Waals surface area contributed by atoms with Crippen molar-refractivity contribution in [2.45, 2.75) is 38.1 Å². The molecule has 2 fully saturated rings. The van der Waals surface area contributed by atoms with Crippen LogP contribution in [0.1, 0.15) is 32.6 Å². The van der Waals surface area contributed by atoms with Gasteiger partial charge in [-0.3, -0.25) is 4.79 Å². The van der Waals surface area contributed by atoms with Crippen LogP contribution < -0.4 is 10.6 Å². The summed E-state index contributed by atoms with van der Waals surface area (Å²) in [5.41, 5.74) is -0.230. The molecule has 2 heterocycles. The second kappa shape index (κ2) is 5.15. The Morgan fingerprint density at radius 2 is 2.06 bits per heavy atom. The zero-order chi connectivity index (χ0) is 11.4. The van der Waals surface area contributed by atoms with Crippen LogP contribution in [0.3, 0.4) is 0 Å². The smallest absolute Gasteiger partial charge is 0.242 e. The molecule has 2 aliphatic rings. The van der Waals surface area contributed by atoms with Gasteiger partial charge in [0, 0.05) is 26.2 Å². The number of hydrogen-bond donors (Lipinski definition) is 2. The molecule has 1 amide bonds. The van der Waals surface area contributed by atoms with Crippen molar-refractivity contribution in [2.24, 2.45) is 0 Å². The van der Waals surface area contributed by atoms with Crippen LogP contribution in [-0.2, 0) is 4.79 Å². The van der Waals surface area contributed by atoms with E-state index in [9.17, 15) is 4.79 Å². The number of hydrogen-bond acceptors (Lipinski definition) is 3. The third-order valence-corrected chi connectivity index (χ3v) is 3.73. The van der Waals surface area contributed by atoms with Gasteiger partial charge in [-0.25, -0.2) is 0 Å². The van der Waals surface area contributed by atoms with Crippen LogP contribution in [0.5, 0.6) is 0 Å². The first kappa shape index (κ1) is 11.9. The van der Waals surface area contributed by atoms with Crippen molar-refractivity contribution in [3.05, 3.63) is 0 Å². The van der Waals surface area contributed by atoms with Gasteiger partial charge in [-0.1, -0.05) is 13.3 Å². The average Bonchev–Trinajstić information content (AvgIpc) is 2.80. The lowest BCUT2D eigenvalue weighted by Crippen LogP contribution is -2.58. The molecule has 16 heavy (non-hydrogen) atoms. The maximum Gasteiger partial charge on any atom is 0.242 e. The molecule has 0 bridgehead atoms. The van der Waals surface area contributed by atoms with Crippen molar-refractivity contribution >= 4 is 5.91 Å². The minimum absolute atomic E-state index is 0.230. The monoisotopic (exact) mass is 225 g/mol. The Kier molecular flexibility index (Phi) is 3.82. The van der Waals surface area contributed by atoms with Gasteiger partial charge >= 0.3 is 0 Å². The van der Waals surface area contributed by atoms with E-state index in [0.29, 0.717) is 5.91 Å². The molecule has 0 spiro atoms. The van der Waals surface area contributed by atoms with Crippen molar-refractivity contribution in [3.63, 3.8) is 0 Å². The number of amides is 1. The second-order valence-electron chi connectivity index (χ2n) is 4.90. The molecule has 2 saturated heterocycles. The number of nitrogens with one attached hydrogen (secondary N) is 2. The predicted octanol–water partition coefficient (Wildman–Crippen LogP) is 0.341. The van der Waals surface area contributed by atoms with Gasteiger partial charge in [-0.2, -0.15) is 0 Å². The zero-order valence-corrected chi connectivity index (χ0v) is 10.2. The van der Waals surface area contributed by atoms with Crippen molar-refractivity contribution in [1.82, 2.24) is 15.5 Å². The third-order valence-electron chi connectivity index (χ3n) is 3.73. The maximum absolute atomic E-state index is 12.5. The van der Waals surface area contributed by atoms with Crippen LogP contribution in [0.2, 0.25) is 0 Å². The van der Waals surface area contributed by atoms with Gasteiger partial charge in [0.2, 0.25) is 5.91 Å². The summed E-state index contributed by atoms with van der Waals surface area (Å²) in [5.74, 6) is 0.341. The first-order valence-electron chi connectivity index (χ1n) is 6.54. The fourth-order valence-electron chi connectivity index (χ4n) is 2.91. The Hall–Kier alpha value is -0.610. The van der Waals surface area contributed by atoms with Gasteiger partial charge in [0.05, 0.1) is 5.54 Å². The summed E-state index contributed by atoms with van der Waals surface area (Å²) in [5, 5.41) is 6.75. The van der Waals surface area contributed by atoms with Gasteiger partial charge in [-0.05, 0) is 25.8 Å². The topological polar surface area (TPSA) is 44.4 Å². The number of carbonyl (C=O) groups excluding carboxylic acids is 1. The summed E-state index contributed by atoms with van der Waals surface area (Å²) >= 11 is 0. The van der Waals surface area contributed by atoms with E-state index >= 15 is 0 Å². The largest absolute Gasteiger partial charge is 0.339 e. The molecule has 0 aromatic heterocycles. The molecule has 1 unspecified atom stereocenters. The molecule has 0 aromatic carbocycles. The molecule has 2 rings (SSSR count). The molecule has 0 aromatic rings. The van der Waals surface area contributed by atoms with Crippen molar-refractivity contribution in [3.8, 4) is 0 Å². The Morgan fingerprint density at radius 1 is 1.31 bits per heavy atom. The van der Waals surface area contributed by atoms with Crippen LogP contribution in [0.15, 0.2) is 0 Å². The lowest BCUT2D eigenvalue weighted by atomic mass is 9.90. The molecule has 2 N–H and O–H groups in total. The number of carbonyl (C=O) groups is 1. The molecule has 2 aliphatic heterocycles. The lowest BCUT2D eigenvalue weighted by Gasteiger charge is -2.36. The maximum atomic E-state index is 12.5. The van der Waals surface area contributed by atoms with E-state index < -0.39 is 0 Å².